The molecule has 0 radical (unpaired) electrons. The van der Waals surface area contributed by atoms with Crippen molar-refractivity contribution in [2.45, 2.75) is 13.8 Å². The second-order valence-electron chi connectivity index (χ2n) is 3.37. The van der Waals surface area contributed by atoms with E-state index in [1.54, 1.807) is 19.3 Å². The number of carbonyl (C=O) groups is 1. The third-order valence-corrected chi connectivity index (χ3v) is 2.08. The molecule has 0 aliphatic heterocycles. The fourth-order valence-corrected chi connectivity index (χ4v) is 1.30. The van der Waals surface area contributed by atoms with Gasteiger partial charge in [-0.1, -0.05) is 0 Å². The van der Waals surface area contributed by atoms with Crippen LogP contribution in [0.3, 0.4) is 0 Å². The lowest BCUT2D eigenvalue weighted by atomic mass is 10.4. The molecule has 0 aromatic carbocycles. The molecule has 2 rings (SSSR count). The predicted octanol–water partition coefficient (Wildman–Crippen LogP) is 0.977. The van der Waals surface area contributed by atoms with Crippen molar-refractivity contribution in [3.63, 3.8) is 0 Å². The largest absolute Gasteiger partial charge is 0.476 e. The van der Waals surface area contributed by atoms with E-state index in [1.165, 1.54) is 10.7 Å². The highest BCUT2D eigenvalue weighted by Gasteiger charge is 2.10. The molecule has 0 aliphatic carbocycles. The molecule has 0 unspecified atom stereocenters. The van der Waals surface area contributed by atoms with Gasteiger partial charge < -0.3 is 5.11 Å². The van der Waals surface area contributed by atoms with Gasteiger partial charge >= 0.3 is 5.97 Å². The lowest BCUT2D eigenvalue weighted by molar-refractivity contribution is 0.0690. The average Bonchev–Trinajstić information content (AvgIpc) is 2.70. The maximum Gasteiger partial charge on any atom is 0.356 e. The zero-order valence-electron chi connectivity index (χ0n) is 8.88. The molecule has 6 nitrogen and oxygen atoms in total. The van der Waals surface area contributed by atoms with E-state index >= 15 is 0 Å². The lowest BCUT2D eigenvalue weighted by Gasteiger charge is -2.04. The Morgan fingerprint density at radius 3 is 2.81 bits per heavy atom. The molecular formula is C10H10N4O2. The number of aryl methyl sites for hydroxylation is 2. The quantitative estimate of drug-likeness (QED) is 0.812. The molecule has 2 aromatic rings. The van der Waals surface area contributed by atoms with E-state index in [-0.39, 0.29) is 5.69 Å². The number of nitrogens with zero attached hydrogens (tertiary/aromatic N) is 4. The fourth-order valence-electron chi connectivity index (χ4n) is 1.30. The van der Waals surface area contributed by atoms with Gasteiger partial charge in [0, 0.05) is 12.4 Å². The minimum atomic E-state index is -1.06. The fraction of sp³-hybridized carbons (Fsp3) is 0.200. The second kappa shape index (κ2) is 3.73. The van der Waals surface area contributed by atoms with Gasteiger partial charge in [-0.25, -0.2) is 14.5 Å². The number of carboxylic acid groups (broad SMARTS) is 1. The molecule has 0 amide bonds. The summed E-state index contributed by atoms with van der Waals surface area (Å²) < 4.78 is 1.42. The van der Waals surface area contributed by atoms with Crippen LogP contribution in [0.2, 0.25) is 0 Å². The minimum absolute atomic E-state index is 0.0114. The molecule has 0 aliphatic rings. The molecule has 0 saturated carbocycles. The molecule has 1 N–H and O–H groups in total. The molecule has 0 saturated heterocycles. The normalized spacial score (nSPS) is 10.4. The van der Waals surface area contributed by atoms with E-state index < -0.39 is 5.97 Å². The molecule has 6 heteroatoms. The molecule has 16 heavy (non-hydrogen) atoms. The van der Waals surface area contributed by atoms with Crippen molar-refractivity contribution >= 4 is 5.97 Å². The zero-order chi connectivity index (χ0) is 11.7. The van der Waals surface area contributed by atoms with Gasteiger partial charge in [0.2, 0.25) is 0 Å². The van der Waals surface area contributed by atoms with E-state index in [9.17, 15) is 4.79 Å². The minimum Gasteiger partial charge on any atom is -0.476 e. The molecular weight excluding hydrogens is 208 g/mol. The Labute approximate surface area is 91.6 Å². The van der Waals surface area contributed by atoms with E-state index in [4.69, 9.17) is 5.11 Å². The molecule has 0 spiro atoms. The number of hydrogen-bond donors (Lipinski definition) is 1. The molecule has 2 heterocycles. The topological polar surface area (TPSA) is 80.9 Å². The first-order valence-corrected chi connectivity index (χ1v) is 4.67. The van der Waals surface area contributed by atoms with Crippen LogP contribution in [0, 0.1) is 13.8 Å². The third kappa shape index (κ3) is 1.77. The Morgan fingerprint density at radius 2 is 2.19 bits per heavy atom. The van der Waals surface area contributed by atoms with Crippen LogP contribution in [0.15, 0.2) is 18.5 Å². The first-order chi connectivity index (χ1) is 7.58. The SMILES string of the molecule is Cc1cnc(C)c(-n2ccc(C(=O)O)n2)n1. The Kier molecular flexibility index (Phi) is 2.40. The Hall–Kier alpha value is -2.24. The summed E-state index contributed by atoms with van der Waals surface area (Å²) >= 11 is 0. The van der Waals surface area contributed by atoms with Crippen LogP contribution < -0.4 is 0 Å². The summed E-state index contributed by atoms with van der Waals surface area (Å²) in [6.45, 7) is 3.61. The van der Waals surface area contributed by atoms with E-state index in [2.05, 4.69) is 15.1 Å². The van der Waals surface area contributed by atoms with Crippen molar-refractivity contribution in [3.8, 4) is 5.82 Å². The summed E-state index contributed by atoms with van der Waals surface area (Å²) in [6.07, 6.45) is 3.21. The van der Waals surface area contributed by atoms with Crippen LogP contribution in [-0.4, -0.2) is 30.8 Å². The van der Waals surface area contributed by atoms with Crippen molar-refractivity contribution in [1.82, 2.24) is 19.7 Å². The van der Waals surface area contributed by atoms with Gasteiger partial charge in [-0.2, -0.15) is 5.10 Å². The Morgan fingerprint density at radius 1 is 1.44 bits per heavy atom. The number of aromatic nitrogens is 4. The molecule has 2 aromatic heterocycles. The summed E-state index contributed by atoms with van der Waals surface area (Å²) in [5, 5.41) is 12.7. The number of aromatic carboxylic acids is 1. The van der Waals surface area contributed by atoms with Crippen molar-refractivity contribution in [1.29, 1.82) is 0 Å². The highest BCUT2D eigenvalue weighted by Crippen LogP contribution is 2.09. The van der Waals surface area contributed by atoms with Crippen molar-refractivity contribution in [3.05, 3.63) is 35.5 Å². The van der Waals surface area contributed by atoms with Crippen molar-refractivity contribution < 1.29 is 9.90 Å². The Balaban J connectivity index is 2.50. The van der Waals surface area contributed by atoms with Gasteiger partial charge in [0.15, 0.2) is 11.5 Å². The smallest absolute Gasteiger partial charge is 0.356 e. The zero-order valence-corrected chi connectivity index (χ0v) is 8.88. The molecule has 0 atom stereocenters. The van der Waals surface area contributed by atoms with Crippen LogP contribution in [0.25, 0.3) is 5.82 Å². The average molecular weight is 218 g/mol. The standard InChI is InChI=1S/C10H10N4O2/c1-6-5-11-7(2)9(12-6)14-4-3-8(13-14)10(15)16/h3-5H,1-2H3,(H,15,16). The summed E-state index contributed by atoms with van der Waals surface area (Å²) in [4.78, 5) is 19.1. The Bertz CT molecular complexity index is 548. The van der Waals surface area contributed by atoms with Gasteiger partial charge in [0.1, 0.15) is 0 Å². The van der Waals surface area contributed by atoms with Crippen molar-refractivity contribution in [2.75, 3.05) is 0 Å². The van der Waals surface area contributed by atoms with Crippen LogP contribution in [0.5, 0.6) is 0 Å². The van der Waals surface area contributed by atoms with E-state index in [1.807, 2.05) is 6.92 Å². The van der Waals surface area contributed by atoms with Gasteiger partial charge in [0.05, 0.1) is 11.4 Å². The number of carboxylic acids is 1. The summed E-state index contributed by atoms with van der Waals surface area (Å²) in [5.41, 5.74) is 1.45. The molecule has 0 bridgehead atoms. The summed E-state index contributed by atoms with van der Waals surface area (Å²) in [6, 6.07) is 1.42. The van der Waals surface area contributed by atoms with Gasteiger partial charge in [-0.3, -0.25) is 4.98 Å². The molecule has 0 fully saturated rings. The maximum absolute atomic E-state index is 10.7. The summed E-state index contributed by atoms with van der Waals surface area (Å²) in [7, 11) is 0. The van der Waals surface area contributed by atoms with Crippen LogP contribution >= 0.6 is 0 Å². The van der Waals surface area contributed by atoms with Gasteiger partial charge in [-0.15, -0.1) is 0 Å². The van der Waals surface area contributed by atoms with E-state index in [0.29, 0.717) is 11.5 Å². The first kappa shape index (κ1) is 10.3. The maximum atomic E-state index is 10.7. The second-order valence-corrected chi connectivity index (χ2v) is 3.37. The van der Waals surface area contributed by atoms with Crippen LogP contribution in [0.4, 0.5) is 0 Å². The monoisotopic (exact) mass is 218 g/mol. The third-order valence-electron chi connectivity index (χ3n) is 2.08. The summed E-state index contributed by atoms with van der Waals surface area (Å²) in [5.74, 6) is -0.510. The van der Waals surface area contributed by atoms with E-state index in [0.717, 1.165) is 5.69 Å². The van der Waals surface area contributed by atoms with Gasteiger partial charge in [0.25, 0.3) is 0 Å². The number of hydrogen-bond acceptors (Lipinski definition) is 4. The highest BCUT2D eigenvalue weighted by atomic mass is 16.4. The molecule has 82 valence electrons. The number of rotatable bonds is 2. The highest BCUT2D eigenvalue weighted by molar-refractivity contribution is 5.85. The van der Waals surface area contributed by atoms with Crippen molar-refractivity contribution in [2.24, 2.45) is 0 Å². The van der Waals surface area contributed by atoms with Crippen LogP contribution in [0.1, 0.15) is 21.9 Å². The van der Waals surface area contributed by atoms with Crippen LogP contribution in [-0.2, 0) is 0 Å². The lowest BCUT2D eigenvalue weighted by Crippen LogP contribution is -2.06. The first-order valence-electron chi connectivity index (χ1n) is 4.67. The predicted molar refractivity (Wildman–Crippen MR) is 55.6 cm³/mol. The van der Waals surface area contributed by atoms with Gasteiger partial charge in [-0.05, 0) is 19.9 Å².